The maximum Gasteiger partial charge on any atom is 0.259 e. The summed E-state index contributed by atoms with van der Waals surface area (Å²) < 4.78 is 0.872. The number of imide groups is 1. The topological polar surface area (TPSA) is 57.7 Å². The number of rotatable bonds is 4. The van der Waals surface area contributed by atoms with Crippen molar-refractivity contribution in [1.29, 1.82) is 0 Å². The standard InChI is InChI=1S/C26H21BrCl2N2O3/c1-12-8-14(27)3-7-21(12)30(24(32)13-2-6-19(28)20(29)9-13)11-31-25(33)22-15-4-5-16(18-10-17(15)18)23(22)26(31)34/h2-9,15-18,22-23H,10-11H2,1H3/t15-,16-,17-,18+,22+,23+/m1/s1. The number of allylic oxidation sites excluding steroid dienone is 2. The van der Waals surface area contributed by atoms with Gasteiger partial charge in [0.25, 0.3) is 5.91 Å². The lowest BCUT2D eigenvalue weighted by atomic mass is 9.63. The number of aryl methyl sites for hydroxylation is 1. The molecular formula is C26H21BrCl2N2O3. The van der Waals surface area contributed by atoms with Crippen molar-refractivity contribution in [2.75, 3.05) is 11.6 Å². The largest absolute Gasteiger partial charge is 0.289 e. The SMILES string of the molecule is Cc1cc(Br)ccc1N(CN1C(=O)[C@H]2[C@@H]3C=C[C@H]([C@@H]4C[C@H]34)[C@@H]2C1=O)C(=O)c1ccc(Cl)c(Cl)c1. The molecule has 0 unspecified atom stereocenters. The minimum Gasteiger partial charge on any atom is -0.289 e. The average Bonchev–Trinajstić information content (AvgIpc) is 3.59. The molecule has 174 valence electrons. The molecule has 6 atom stereocenters. The van der Waals surface area contributed by atoms with E-state index < -0.39 is 0 Å². The number of carbonyl (C=O) groups is 3. The highest BCUT2D eigenvalue weighted by molar-refractivity contribution is 9.10. The Morgan fingerprint density at radius 1 is 1.00 bits per heavy atom. The lowest BCUT2D eigenvalue weighted by molar-refractivity contribution is -0.140. The predicted octanol–water partition coefficient (Wildman–Crippen LogP) is 5.72. The van der Waals surface area contributed by atoms with Gasteiger partial charge in [0.1, 0.15) is 6.67 Å². The Kier molecular flexibility index (Phi) is 5.21. The van der Waals surface area contributed by atoms with Crippen molar-refractivity contribution in [3.05, 3.63) is 74.2 Å². The molecule has 7 rings (SSSR count). The van der Waals surface area contributed by atoms with E-state index in [0.717, 1.165) is 16.5 Å². The van der Waals surface area contributed by atoms with Gasteiger partial charge in [0.05, 0.1) is 21.9 Å². The van der Waals surface area contributed by atoms with E-state index in [-0.39, 0.29) is 53.1 Å². The lowest BCUT2D eigenvalue weighted by Gasteiger charge is -2.37. The average molecular weight is 560 g/mol. The zero-order chi connectivity index (χ0) is 23.9. The maximum absolute atomic E-state index is 13.7. The van der Waals surface area contributed by atoms with Gasteiger partial charge in [-0.3, -0.25) is 24.2 Å². The van der Waals surface area contributed by atoms with E-state index in [2.05, 4.69) is 28.1 Å². The van der Waals surface area contributed by atoms with Crippen LogP contribution in [0.15, 0.2) is 53.0 Å². The fourth-order valence-corrected chi connectivity index (χ4v) is 7.03. The van der Waals surface area contributed by atoms with Crippen molar-refractivity contribution in [2.24, 2.45) is 35.5 Å². The summed E-state index contributed by atoms with van der Waals surface area (Å²) in [4.78, 5) is 43.6. The molecule has 5 nitrogen and oxygen atoms in total. The van der Waals surface area contributed by atoms with E-state index in [9.17, 15) is 14.4 Å². The first-order valence-corrected chi connectivity index (χ1v) is 12.9. The Hall–Kier alpha value is -2.15. The Morgan fingerprint density at radius 2 is 1.65 bits per heavy atom. The molecule has 2 saturated carbocycles. The van der Waals surface area contributed by atoms with Gasteiger partial charge in [0.2, 0.25) is 11.8 Å². The Bertz CT molecular complexity index is 1260. The van der Waals surface area contributed by atoms with Crippen LogP contribution in [0.3, 0.4) is 0 Å². The minimum absolute atomic E-state index is 0.134. The summed E-state index contributed by atoms with van der Waals surface area (Å²) in [5.74, 6) is 0.0148. The van der Waals surface area contributed by atoms with Crippen LogP contribution in [0.4, 0.5) is 5.69 Å². The first kappa shape index (κ1) is 22.3. The predicted molar refractivity (Wildman–Crippen MR) is 134 cm³/mol. The highest BCUT2D eigenvalue weighted by atomic mass is 79.9. The van der Waals surface area contributed by atoms with Gasteiger partial charge in [0, 0.05) is 15.7 Å². The summed E-state index contributed by atoms with van der Waals surface area (Å²) in [5.41, 5.74) is 1.79. The summed E-state index contributed by atoms with van der Waals surface area (Å²) >= 11 is 15.7. The molecule has 1 saturated heterocycles. The van der Waals surface area contributed by atoms with Gasteiger partial charge in [-0.1, -0.05) is 51.3 Å². The first-order chi connectivity index (χ1) is 16.3. The van der Waals surface area contributed by atoms with Crippen molar-refractivity contribution >= 4 is 62.5 Å². The molecule has 3 amide bonds. The molecule has 2 bridgehead atoms. The van der Waals surface area contributed by atoms with Gasteiger partial charge in [-0.2, -0.15) is 0 Å². The van der Waals surface area contributed by atoms with Gasteiger partial charge in [-0.05, 0) is 79.0 Å². The fraction of sp³-hybridized carbons (Fsp3) is 0.346. The van der Waals surface area contributed by atoms with Gasteiger partial charge in [-0.15, -0.1) is 0 Å². The van der Waals surface area contributed by atoms with Gasteiger partial charge >= 0.3 is 0 Å². The molecule has 0 N–H and O–H groups in total. The number of anilines is 1. The second-order valence-corrected chi connectivity index (χ2v) is 11.4. The molecule has 3 fully saturated rings. The van der Waals surface area contributed by atoms with E-state index in [1.165, 1.54) is 15.9 Å². The summed E-state index contributed by atoms with van der Waals surface area (Å²) in [6.45, 7) is 1.75. The number of carbonyl (C=O) groups excluding carboxylic acids is 3. The number of likely N-dealkylation sites (tertiary alicyclic amines) is 1. The highest BCUT2D eigenvalue weighted by Crippen LogP contribution is 2.65. The van der Waals surface area contributed by atoms with E-state index in [1.807, 2.05) is 25.1 Å². The van der Waals surface area contributed by atoms with Crippen LogP contribution < -0.4 is 4.90 Å². The number of benzene rings is 2. The molecule has 2 aromatic rings. The van der Waals surface area contributed by atoms with Crippen LogP contribution in [-0.4, -0.2) is 29.3 Å². The van der Waals surface area contributed by atoms with Gasteiger partial charge in [0.15, 0.2) is 0 Å². The van der Waals surface area contributed by atoms with Crippen molar-refractivity contribution in [3.63, 3.8) is 0 Å². The summed E-state index contributed by atoms with van der Waals surface area (Å²) in [5, 5.41) is 0.612. The zero-order valence-corrected chi connectivity index (χ0v) is 21.3. The minimum atomic E-state index is -0.358. The van der Waals surface area contributed by atoms with Crippen LogP contribution in [0.1, 0.15) is 22.3 Å². The second kappa shape index (κ2) is 7.94. The Labute approximate surface area is 215 Å². The molecule has 0 aromatic heterocycles. The molecule has 0 radical (unpaired) electrons. The molecular weight excluding hydrogens is 539 g/mol. The fourth-order valence-electron chi connectivity index (χ4n) is 6.26. The smallest absolute Gasteiger partial charge is 0.259 e. The van der Waals surface area contributed by atoms with Crippen molar-refractivity contribution in [1.82, 2.24) is 4.90 Å². The number of halogens is 3. The zero-order valence-electron chi connectivity index (χ0n) is 18.3. The summed E-state index contributed by atoms with van der Waals surface area (Å²) in [7, 11) is 0. The summed E-state index contributed by atoms with van der Waals surface area (Å²) in [6, 6.07) is 10.2. The number of hydrogen-bond acceptors (Lipinski definition) is 3. The maximum atomic E-state index is 13.7. The second-order valence-electron chi connectivity index (χ2n) is 9.69. The van der Waals surface area contributed by atoms with Crippen LogP contribution in [0, 0.1) is 42.4 Å². The third-order valence-corrected chi connectivity index (χ3v) is 9.13. The quantitative estimate of drug-likeness (QED) is 0.355. The van der Waals surface area contributed by atoms with Crippen LogP contribution in [0.25, 0.3) is 0 Å². The third kappa shape index (κ3) is 3.29. The Balaban J connectivity index is 1.37. The molecule has 5 aliphatic rings. The summed E-state index contributed by atoms with van der Waals surface area (Å²) in [6.07, 6.45) is 5.40. The van der Waals surface area contributed by atoms with Crippen molar-refractivity contribution in [3.8, 4) is 0 Å². The van der Waals surface area contributed by atoms with Crippen LogP contribution >= 0.6 is 39.1 Å². The molecule has 4 aliphatic carbocycles. The molecule has 8 heteroatoms. The van der Waals surface area contributed by atoms with Crippen molar-refractivity contribution < 1.29 is 14.4 Å². The van der Waals surface area contributed by atoms with Crippen molar-refractivity contribution in [2.45, 2.75) is 13.3 Å². The van der Waals surface area contributed by atoms with Gasteiger partial charge < -0.3 is 0 Å². The molecule has 1 aliphatic heterocycles. The van der Waals surface area contributed by atoms with E-state index in [4.69, 9.17) is 23.2 Å². The number of amides is 3. The van der Waals surface area contributed by atoms with Crippen LogP contribution in [-0.2, 0) is 9.59 Å². The first-order valence-electron chi connectivity index (χ1n) is 11.3. The van der Waals surface area contributed by atoms with E-state index in [0.29, 0.717) is 28.1 Å². The molecule has 34 heavy (non-hydrogen) atoms. The normalized spacial score (nSPS) is 30.4. The third-order valence-electron chi connectivity index (χ3n) is 7.90. The van der Waals surface area contributed by atoms with Crippen LogP contribution in [0.5, 0.6) is 0 Å². The molecule has 0 spiro atoms. The molecule has 1 heterocycles. The van der Waals surface area contributed by atoms with E-state index in [1.54, 1.807) is 12.1 Å². The number of nitrogens with zero attached hydrogens (tertiary/aromatic N) is 2. The Morgan fingerprint density at radius 3 is 2.24 bits per heavy atom. The highest BCUT2D eigenvalue weighted by Gasteiger charge is 2.67. The van der Waals surface area contributed by atoms with Gasteiger partial charge in [-0.25, -0.2) is 0 Å². The monoisotopic (exact) mass is 558 g/mol. The number of hydrogen-bond donors (Lipinski definition) is 0. The van der Waals surface area contributed by atoms with Crippen LogP contribution in [0.2, 0.25) is 10.0 Å². The van der Waals surface area contributed by atoms with E-state index >= 15 is 0 Å². The lowest BCUT2D eigenvalue weighted by Crippen LogP contribution is -2.45. The molecule has 2 aromatic carbocycles.